The number of guanidine groups is 1. The molecule has 0 bridgehead atoms. The maximum absolute atomic E-state index is 11.8. The summed E-state index contributed by atoms with van der Waals surface area (Å²) in [6, 6.07) is 13.8. The second-order valence-electron chi connectivity index (χ2n) is 6.26. The van der Waals surface area contributed by atoms with Gasteiger partial charge in [-0.1, -0.05) is 59.6 Å². The first-order valence-corrected chi connectivity index (χ1v) is 9.94. The highest BCUT2D eigenvalue weighted by Crippen LogP contribution is 2.32. The molecule has 2 aromatic carbocycles. The Bertz CT molecular complexity index is 892. The fourth-order valence-corrected chi connectivity index (χ4v) is 3.38. The zero-order chi connectivity index (χ0) is 20.8. The molecule has 0 radical (unpaired) electrons. The summed E-state index contributed by atoms with van der Waals surface area (Å²) in [5.74, 6) is 0.550. The lowest BCUT2D eigenvalue weighted by molar-refractivity contribution is -0.127. The van der Waals surface area contributed by atoms with Gasteiger partial charge < -0.3 is 16.0 Å². The zero-order valence-electron chi connectivity index (χ0n) is 15.8. The van der Waals surface area contributed by atoms with Crippen LogP contribution in [0.2, 0.25) is 10.0 Å². The zero-order valence-corrected chi connectivity index (χ0v) is 17.3. The molecule has 1 unspecified atom stereocenters. The van der Waals surface area contributed by atoms with E-state index in [-0.39, 0.29) is 11.9 Å². The van der Waals surface area contributed by atoms with Crippen LogP contribution in [0.5, 0.6) is 0 Å². The lowest BCUT2D eigenvalue weighted by Gasteiger charge is -2.09. The molecule has 1 atom stereocenters. The Morgan fingerprint density at radius 3 is 2.17 bits per heavy atom. The van der Waals surface area contributed by atoms with Gasteiger partial charge in [0.2, 0.25) is 0 Å². The van der Waals surface area contributed by atoms with Gasteiger partial charge in [-0.15, -0.1) is 0 Å². The van der Waals surface area contributed by atoms with Crippen molar-refractivity contribution >= 4 is 46.8 Å². The summed E-state index contributed by atoms with van der Waals surface area (Å²) in [6.07, 6.45) is 0. The number of carbonyl (C=O) groups is 2. The van der Waals surface area contributed by atoms with Crippen LogP contribution in [0.25, 0.3) is 0 Å². The van der Waals surface area contributed by atoms with E-state index < -0.39 is 6.04 Å². The van der Waals surface area contributed by atoms with E-state index in [2.05, 4.69) is 20.9 Å². The third-order valence-electron chi connectivity index (χ3n) is 4.35. The molecule has 3 amide bonds. The molecule has 7 nitrogen and oxygen atoms in total. The molecule has 2 saturated heterocycles. The minimum Gasteiger partial charge on any atom is -0.354 e. The van der Waals surface area contributed by atoms with Gasteiger partial charge in [-0.2, -0.15) is 0 Å². The van der Waals surface area contributed by atoms with Gasteiger partial charge in [0.05, 0.1) is 10.0 Å². The van der Waals surface area contributed by atoms with Crippen LogP contribution < -0.4 is 16.0 Å². The van der Waals surface area contributed by atoms with Crippen LogP contribution in [0.3, 0.4) is 0 Å². The molecule has 0 spiro atoms. The molecule has 0 saturated carbocycles. The predicted octanol–water partition coefficient (Wildman–Crippen LogP) is 3.47. The fourth-order valence-electron chi connectivity index (χ4n) is 2.90. The van der Waals surface area contributed by atoms with Crippen molar-refractivity contribution < 1.29 is 9.59 Å². The maximum Gasteiger partial charge on any atom is 0.325 e. The standard InChI is InChI=1S/C11H12N2O2.C9H9Cl2N3/c1-2-13-10(14)9(12-11(13)15)8-6-4-3-5-7-8;10-6-2-1-3-7(11)8(6)14-9-12-4-5-13-9/h3-7,9H,2H2,1H3,(H,12,15);1-3H,4-5H2,(H2,12,13,14). The topological polar surface area (TPSA) is 85.8 Å². The molecule has 9 heteroatoms. The Morgan fingerprint density at radius 1 is 1.00 bits per heavy atom. The molecular weight excluding hydrogens is 413 g/mol. The Kier molecular flexibility index (Phi) is 6.95. The van der Waals surface area contributed by atoms with E-state index >= 15 is 0 Å². The molecule has 3 N–H and O–H groups in total. The van der Waals surface area contributed by atoms with Gasteiger partial charge in [0.15, 0.2) is 5.96 Å². The van der Waals surface area contributed by atoms with Crippen LogP contribution in [0, 0.1) is 0 Å². The van der Waals surface area contributed by atoms with Crippen molar-refractivity contribution in [2.75, 3.05) is 19.6 Å². The van der Waals surface area contributed by atoms with E-state index in [1.807, 2.05) is 30.3 Å². The van der Waals surface area contributed by atoms with Gasteiger partial charge in [0.1, 0.15) is 11.7 Å². The number of likely N-dealkylation sites (N-methyl/N-ethyl adjacent to an activating group) is 1. The SMILES string of the molecule is CCN1C(=O)NC(c2ccccc2)C1=O.Clc1cccc(Cl)c1N=C1NCCN1. The largest absolute Gasteiger partial charge is 0.354 e. The number of halogens is 2. The second kappa shape index (κ2) is 9.62. The molecule has 2 aliphatic heterocycles. The van der Waals surface area contributed by atoms with E-state index in [4.69, 9.17) is 23.2 Å². The first kappa shape index (κ1) is 21.0. The van der Waals surface area contributed by atoms with Gasteiger partial charge in [-0.25, -0.2) is 9.79 Å². The van der Waals surface area contributed by atoms with Crippen molar-refractivity contribution in [1.29, 1.82) is 0 Å². The minimum absolute atomic E-state index is 0.172. The van der Waals surface area contributed by atoms with Gasteiger partial charge in [-0.3, -0.25) is 9.69 Å². The highest BCUT2D eigenvalue weighted by atomic mass is 35.5. The molecule has 2 heterocycles. The van der Waals surface area contributed by atoms with Crippen LogP contribution in [0.1, 0.15) is 18.5 Å². The van der Waals surface area contributed by atoms with Crippen molar-refractivity contribution in [3.05, 3.63) is 64.1 Å². The lowest BCUT2D eigenvalue weighted by atomic mass is 10.1. The summed E-state index contributed by atoms with van der Waals surface area (Å²) in [5.41, 5.74) is 1.43. The summed E-state index contributed by atoms with van der Waals surface area (Å²) in [4.78, 5) is 28.7. The molecule has 29 heavy (non-hydrogen) atoms. The average Bonchev–Trinajstić information content (AvgIpc) is 3.33. The molecule has 2 aromatic rings. The Balaban J connectivity index is 0.000000166. The molecule has 152 valence electrons. The quantitative estimate of drug-likeness (QED) is 0.646. The van der Waals surface area contributed by atoms with Crippen molar-refractivity contribution in [1.82, 2.24) is 20.9 Å². The number of urea groups is 1. The summed E-state index contributed by atoms with van der Waals surface area (Å²) in [5, 5.41) is 9.93. The highest BCUT2D eigenvalue weighted by Gasteiger charge is 2.37. The lowest BCUT2D eigenvalue weighted by Crippen LogP contribution is -2.30. The summed E-state index contributed by atoms with van der Waals surface area (Å²) in [6.45, 7) is 3.95. The molecule has 2 aliphatic rings. The Labute approximate surface area is 179 Å². The number of nitrogens with one attached hydrogen (secondary N) is 3. The first-order valence-electron chi connectivity index (χ1n) is 9.18. The van der Waals surface area contributed by atoms with Crippen LogP contribution >= 0.6 is 23.2 Å². The van der Waals surface area contributed by atoms with Gasteiger partial charge in [-0.05, 0) is 24.6 Å². The van der Waals surface area contributed by atoms with Crippen molar-refractivity contribution in [3.8, 4) is 0 Å². The highest BCUT2D eigenvalue weighted by molar-refractivity contribution is 6.38. The molecule has 2 fully saturated rings. The van der Waals surface area contributed by atoms with E-state index in [9.17, 15) is 9.59 Å². The van der Waals surface area contributed by atoms with Crippen molar-refractivity contribution in [2.24, 2.45) is 4.99 Å². The van der Waals surface area contributed by atoms with Crippen LogP contribution in [0.4, 0.5) is 10.5 Å². The average molecular weight is 434 g/mol. The van der Waals surface area contributed by atoms with Crippen molar-refractivity contribution in [2.45, 2.75) is 13.0 Å². The number of hydrogen-bond donors (Lipinski definition) is 3. The third-order valence-corrected chi connectivity index (χ3v) is 4.96. The Morgan fingerprint density at radius 2 is 1.62 bits per heavy atom. The summed E-state index contributed by atoms with van der Waals surface area (Å²) in [7, 11) is 0. The molecule has 0 aliphatic carbocycles. The van der Waals surface area contributed by atoms with Crippen LogP contribution in [-0.4, -0.2) is 42.4 Å². The van der Waals surface area contributed by atoms with Gasteiger partial charge in [0, 0.05) is 19.6 Å². The van der Waals surface area contributed by atoms with Gasteiger partial charge >= 0.3 is 6.03 Å². The number of rotatable bonds is 3. The van der Waals surface area contributed by atoms with E-state index in [0.29, 0.717) is 22.3 Å². The number of para-hydroxylation sites is 1. The third kappa shape index (κ3) is 4.99. The minimum atomic E-state index is -0.515. The fraction of sp³-hybridized carbons (Fsp3) is 0.250. The molecular formula is C20H21Cl2N5O2. The smallest absolute Gasteiger partial charge is 0.325 e. The van der Waals surface area contributed by atoms with Crippen LogP contribution in [-0.2, 0) is 4.79 Å². The predicted molar refractivity (Wildman–Crippen MR) is 115 cm³/mol. The number of nitrogens with zero attached hydrogens (tertiary/aromatic N) is 2. The van der Waals surface area contributed by atoms with Gasteiger partial charge in [0.25, 0.3) is 5.91 Å². The first-order chi connectivity index (χ1) is 14.0. The van der Waals surface area contributed by atoms with Crippen LogP contribution in [0.15, 0.2) is 53.5 Å². The number of amides is 3. The van der Waals surface area contributed by atoms with E-state index in [1.54, 1.807) is 25.1 Å². The number of aliphatic imine (C=N–C) groups is 1. The number of imide groups is 1. The van der Waals surface area contributed by atoms with Crippen molar-refractivity contribution in [3.63, 3.8) is 0 Å². The van der Waals surface area contributed by atoms with E-state index in [1.165, 1.54) is 4.90 Å². The molecule has 0 aromatic heterocycles. The summed E-state index contributed by atoms with van der Waals surface area (Å²) < 4.78 is 0. The Hall–Kier alpha value is -2.77. The summed E-state index contributed by atoms with van der Waals surface area (Å²) >= 11 is 11.9. The molecule has 4 rings (SSSR count). The monoisotopic (exact) mass is 433 g/mol. The normalized spacial score (nSPS) is 17.8. The second-order valence-corrected chi connectivity index (χ2v) is 7.07. The number of hydrogen-bond acceptors (Lipinski definition) is 3. The number of carbonyl (C=O) groups excluding carboxylic acids is 2. The van der Waals surface area contributed by atoms with E-state index in [0.717, 1.165) is 24.6 Å². The number of benzene rings is 2. The maximum atomic E-state index is 11.8.